The highest BCUT2D eigenvalue weighted by atomic mass is 79.9. The van der Waals surface area contributed by atoms with Crippen molar-refractivity contribution in [2.75, 3.05) is 18.5 Å². The summed E-state index contributed by atoms with van der Waals surface area (Å²) in [6.07, 6.45) is -0.720. The van der Waals surface area contributed by atoms with E-state index in [1.807, 2.05) is 18.2 Å². The van der Waals surface area contributed by atoms with Crippen molar-refractivity contribution in [3.05, 3.63) is 57.8 Å². The van der Waals surface area contributed by atoms with E-state index in [0.29, 0.717) is 11.4 Å². The summed E-state index contributed by atoms with van der Waals surface area (Å²) in [7, 11) is 0. The van der Waals surface area contributed by atoms with Gasteiger partial charge in [0.25, 0.3) is 0 Å². The summed E-state index contributed by atoms with van der Waals surface area (Å²) >= 11 is 8.94. The molecule has 0 fully saturated rings. The van der Waals surface area contributed by atoms with E-state index in [0.717, 1.165) is 4.47 Å². The predicted octanol–water partition coefficient (Wildman–Crippen LogP) is 4.09. The van der Waals surface area contributed by atoms with Gasteiger partial charge in [0.15, 0.2) is 0 Å². The molecule has 0 amide bonds. The number of hydrogen-bond acceptors (Lipinski definition) is 3. The van der Waals surface area contributed by atoms with Crippen LogP contribution in [0.1, 0.15) is 0 Å². The molecule has 0 saturated carbocycles. The maximum atomic E-state index is 13.2. The number of nitrogens with one attached hydrogen (secondary N) is 1. The Hall–Kier alpha value is -1.30. The van der Waals surface area contributed by atoms with Crippen LogP contribution in [0.3, 0.4) is 0 Å². The van der Waals surface area contributed by atoms with E-state index in [2.05, 4.69) is 21.2 Å². The number of hydrogen-bond donors (Lipinski definition) is 2. The zero-order valence-corrected chi connectivity index (χ0v) is 13.4. The average Bonchev–Trinajstić information content (AvgIpc) is 2.46. The number of benzene rings is 2. The van der Waals surface area contributed by atoms with E-state index >= 15 is 0 Å². The molecule has 1 unspecified atom stereocenters. The van der Waals surface area contributed by atoms with Gasteiger partial charge in [-0.15, -0.1) is 0 Å². The van der Waals surface area contributed by atoms with Crippen LogP contribution in [-0.2, 0) is 0 Å². The van der Waals surface area contributed by atoms with E-state index in [1.165, 1.54) is 12.1 Å². The first kappa shape index (κ1) is 16.1. The van der Waals surface area contributed by atoms with E-state index in [-0.39, 0.29) is 18.2 Å². The Bertz CT molecular complexity index is 612. The molecule has 2 aromatic rings. The molecule has 6 heteroatoms. The molecule has 0 spiro atoms. The Morgan fingerprint density at radius 3 is 2.81 bits per heavy atom. The number of rotatable bonds is 6. The maximum Gasteiger partial charge on any atom is 0.143 e. The van der Waals surface area contributed by atoms with Gasteiger partial charge in [0.05, 0.1) is 5.02 Å². The highest BCUT2D eigenvalue weighted by Gasteiger charge is 2.07. The molecule has 0 saturated heterocycles. The van der Waals surface area contributed by atoms with Gasteiger partial charge >= 0.3 is 0 Å². The summed E-state index contributed by atoms with van der Waals surface area (Å²) in [4.78, 5) is 0. The third kappa shape index (κ3) is 5.19. The fraction of sp³-hybridized carbons (Fsp3) is 0.200. The van der Waals surface area contributed by atoms with Gasteiger partial charge in [0.1, 0.15) is 24.3 Å². The van der Waals surface area contributed by atoms with Crippen LogP contribution in [0.4, 0.5) is 10.1 Å². The van der Waals surface area contributed by atoms with Crippen molar-refractivity contribution in [1.82, 2.24) is 0 Å². The quantitative estimate of drug-likeness (QED) is 0.800. The van der Waals surface area contributed by atoms with Crippen LogP contribution in [0, 0.1) is 5.82 Å². The van der Waals surface area contributed by atoms with Crippen molar-refractivity contribution >= 4 is 33.2 Å². The van der Waals surface area contributed by atoms with Gasteiger partial charge in [-0.05, 0) is 36.4 Å². The molecule has 0 radical (unpaired) electrons. The second-order valence-electron chi connectivity index (χ2n) is 4.43. The van der Waals surface area contributed by atoms with Gasteiger partial charge in [-0.2, -0.15) is 0 Å². The van der Waals surface area contributed by atoms with Crippen LogP contribution in [0.2, 0.25) is 5.02 Å². The lowest BCUT2D eigenvalue weighted by atomic mass is 10.3. The molecule has 0 bridgehead atoms. The SMILES string of the molecule is OC(CNc1ccc(Cl)c(F)c1)COc1cccc(Br)c1. The highest BCUT2D eigenvalue weighted by molar-refractivity contribution is 9.10. The Kier molecular flexibility index (Phi) is 5.85. The van der Waals surface area contributed by atoms with Gasteiger partial charge in [0.2, 0.25) is 0 Å². The lowest BCUT2D eigenvalue weighted by Gasteiger charge is -2.14. The molecule has 3 nitrogen and oxygen atoms in total. The fourth-order valence-corrected chi connectivity index (χ4v) is 2.15. The Labute approximate surface area is 135 Å². The third-order valence-corrected chi connectivity index (χ3v) is 3.50. The van der Waals surface area contributed by atoms with E-state index < -0.39 is 11.9 Å². The van der Waals surface area contributed by atoms with Crippen molar-refractivity contribution in [3.63, 3.8) is 0 Å². The second kappa shape index (κ2) is 7.64. The molecular weight excluding hydrogens is 361 g/mol. The van der Waals surface area contributed by atoms with Crippen LogP contribution in [-0.4, -0.2) is 24.4 Å². The predicted molar refractivity (Wildman–Crippen MR) is 85.5 cm³/mol. The first-order valence-electron chi connectivity index (χ1n) is 6.30. The van der Waals surface area contributed by atoms with Crippen LogP contribution < -0.4 is 10.1 Å². The summed E-state index contributed by atoms with van der Waals surface area (Å²) in [6, 6.07) is 11.7. The zero-order chi connectivity index (χ0) is 15.2. The fourth-order valence-electron chi connectivity index (χ4n) is 1.65. The topological polar surface area (TPSA) is 41.5 Å². The molecule has 0 aliphatic heterocycles. The zero-order valence-electron chi connectivity index (χ0n) is 11.0. The van der Waals surface area contributed by atoms with Gasteiger partial charge in [-0.25, -0.2) is 4.39 Å². The third-order valence-electron chi connectivity index (χ3n) is 2.70. The molecule has 0 heterocycles. The van der Waals surface area contributed by atoms with Crippen molar-refractivity contribution in [3.8, 4) is 5.75 Å². The lowest BCUT2D eigenvalue weighted by molar-refractivity contribution is 0.117. The number of aliphatic hydroxyl groups is 1. The molecule has 1 atom stereocenters. The van der Waals surface area contributed by atoms with Gasteiger partial charge in [0, 0.05) is 16.7 Å². The Morgan fingerprint density at radius 2 is 2.10 bits per heavy atom. The molecule has 2 aromatic carbocycles. The summed E-state index contributed by atoms with van der Waals surface area (Å²) < 4.78 is 19.6. The van der Waals surface area contributed by atoms with Crippen LogP contribution >= 0.6 is 27.5 Å². The first-order chi connectivity index (χ1) is 10.0. The number of aliphatic hydroxyl groups excluding tert-OH is 1. The van der Waals surface area contributed by atoms with E-state index in [1.54, 1.807) is 12.1 Å². The summed E-state index contributed by atoms with van der Waals surface area (Å²) in [5, 5.41) is 12.8. The first-order valence-corrected chi connectivity index (χ1v) is 7.47. The van der Waals surface area contributed by atoms with Crippen molar-refractivity contribution in [2.24, 2.45) is 0 Å². The van der Waals surface area contributed by atoms with E-state index in [9.17, 15) is 9.50 Å². The molecule has 0 aromatic heterocycles. The van der Waals surface area contributed by atoms with Gasteiger partial charge in [-0.3, -0.25) is 0 Å². The summed E-state index contributed by atoms with van der Waals surface area (Å²) in [6.45, 7) is 0.384. The van der Waals surface area contributed by atoms with Gasteiger partial charge in [-0.1, -0.05) is 33.6 Å². The van der Waals surface area contributed by atoms with E-state index in [4.69, 9.17) is 16.3 Å². The Balaban J connectivity index is 1.79. The molecule has 2 rings (SSSR count). The van der Waals surface area contributed by atoms with Gasteiger partial charge < -0.3 is 15.2 Å². The van der Waals surface area contributed by atoms with Crippen molar-refractivity contribution in [1.29, 1.82) is 0 Å². The average molecular weight is 375 g/mol. The normalized spacial score (nSPS) is 12.0. The molecular formula is C15H14BrClFNO2. The number of halogens is 3. The van der Waals surface area contributed by atoms with Crippen LogP contribution in [0.25, 0.3) is 0 Å². The van der Waals surface area contributed by atoms with Crippen molar-refractivity contribution < 1.29 is 14.2 Å². The molecule has 2 N–H and O–H groups in total. The molecule has 0 aliphatic rings. The highest BCUT2D eigenvalue weighted by Crippen LogP contribution is 2.19. The summed E-state index contributed by atoms with van der Waals surface area (Å²) in [5.74, 6) is 0.169. The summed E-state index contributed by atoms with van der Waals surface area (Å²) in [5.41, 5.74) is 0.554. The minimum atomic E-state index is -0.720. The lowest BCUT2D eigenvalue weighted by Crippen LogP contribution is -2.26. The standard InChI is InChI=1S/C15H14BrClFNO2/c16-10-2-1-3-13(6-10)21-9-12(20)8-19-11-4-5-14(17)15(18)7-11/h1-7,12,19-20H,8-9H2. The smallest absolute Gasteiger partial charge is 0.143 e. The van der Waals surface area contributed by atoms with Crippen LogP contribution in [0.5, 0.6) is 5.75 Å². The van der Waals surface area contributed by atoms with Crippen molar-refractivity contribution in [2.45, 2.75) is 6.10 Å². The molecule has 112 valence electrons. The van der Waals surface area contributed by atoms with Crippen LogP contribution in [0.15, 0.2) is 46.9 Å². The minimum absolute atomic E-state index is 0.0686. The Morgan fingerprint density at radius 1 is 1.29 bits per heavy atom. The molecule has 0 aliphatic carbocycles. The molecule has 21 heavy (non-hydrogen) atoms. The number of ether oxygens (including phenoxy) is 1. The monoisotopic (exact) mass is 373 g/mol. The minimum Gasteiger partial charge on any atom is -0.491 e. The second-order valence-corrected chi connectivity index (χ2v) is 5.75. The largest absolute Gasteiger partial charge is 0.491 e. The number of anilines is 1. The maximum absolute atomic E-state index is 13.2.